The van der Waals surface area contributed by atoms with Crippen molar-refractivity contribution in [3.8, 4) is 0 Å². The largest absolute Gasteiger partial charge is 0.377 e. The Morgan fingerprint density at radius 1 is 1.13 bits per heavy atom. The van der Waals surface area contributed by atoms with E-state index < -0.39 is 10.0 Å². The van der Waals surface area contributed by atoms with Gasteiger partial charge in [0.05, 0.1) is 11.0 Å². The summed E-state index contributed by atoms with van der Waals surface area (Å²) in [5.41, 5.74) is 2.13. The van der Waals surface area contributed by atoms with Gasteiger partial charge >= 0.3 is 0 Å². The van der Waals surface area contributed by atoms with Crippen LogP contribution < -0.4 is 0 Å². The highest BCUT2D eigenvalue weighted by Crippen LogP contribution is 2.21. The molecule has 2 heterocycles. The third kappa shape index (κ3) is 3.76. The molecule has 0 spiro atoms. The topological polar surface area (TPSA) is 49.9 Å². The second-order valence-corrected chi connectivity index (χ2v) is 8.52. The van der Waals surface area contributed by atoms with Crippen LogP contribution in [0.15, 0.2) is 23.1 Å². The van der Waals surface area contributed by atoms with Crippen molar-refractivity contribution in [1.29, 1.82) is 0 Å². The third-order valence-corrected chi connectivity index (χ3v) is 6.83. The monoisotopic (exact) mass is 338 g/mol. The van der Waals surface area contributed by atoms with Crippen LogP contribution in [0.1, 0.15) is 24.0 Å². The van der Waals surface area contributed by atoms with E-state index in [1.54, 1.807) is 16.4 Å². The Hall–Kier alpha value is -0.950. The summed E-state index contributed by atoms with van der Waals surface area (Å²) in [6.45, 7) is 8.42. The summed E-state index contributed by atoms with van der Waals surface area (Å²) >= 11 is 0. The maximum Gasteiger partial charge on any atom is 0.243 e. The fraction of sp³-hybridized carbons (Fsp3) is 0.647. The van der Waals surface area contributed by atoms with E-state index in [2.05, 4.69) is 4.90 Å². The molecule has 1 atom stereocenters. The van der Waals surface area contributed by atoms with Gasteiger partial charge in [0.15, 0.2) is 0 Å². The SMILES string of the molecule is Cc1ccc(S(=O)(=O)N2CCN(CC3CCCO3)CC2)cc1C. The lowest BCUT2D eigenvalue weighted by Crippen LogP contribution is -2.50. The molecular weight excluding hydrogens is 312 g/mol. The van der Waals surface area contributed by atoms with Gasteiger partial charge in [-0.25, -0.2) is 8.42 Å². The molecule has 1 unspecified atom stereocenters. The Morgan fingerprint density at radius 2 is 1.87 bits per heavy atom. The standard InChI is InChI=1S/C17H26N2O3S/c1-14-5-6-17(12-15(14)2)23(20,21)19-9-7-18(8-10-19)13-16-4-3-11-22-16/h5-6,12,16H,3-4,7-11,13H2,1-2H3. The van der Waals surface area contributed by atoms with Crippen molar-refractivity contribution in [2.75, 3.05) is 39.3 Å². The number of hydrogen-bond acceptors (Lipinski definition) is 4. The number of rotatable bonds is 4. The molecule has 0 bridgehead atoms. The lowest BCUT2D eigenvalue weighted by molar-refractivity contribution is 0.0617. The van der Waals surface area contributed by atoms with E-state index in [-0.39, 0.29) is 0 Å². The van der Waals surface area contributed by atoms with Crippen molar-refractivity contribution in [3.05, 3.63) is 29.3 Å². The first-order chi connectivity index (χ1) is 11.0. The average Bonchev–Trinajstić information content (AvgIpc) is 3.03. The Bertz CT molecular complexity index is 646. The summed E-state index contributed by atoms with van der Waals surface area (Å²) < 4.78 is 32.9. The number of hydrogen-bond donors (Lipinski definition) is 0. The van der Waals surface area contributed by atoms with Gasteiger partial charge in [-0.05, 0) is 49.9 Å². The second-order valence-electron chi connectivity index (χ2n) is 6.59. The maximum absolute atomic E-state index is 12.8. The lowest BCUT2D eigenvalue weighted by atomic mass is 10.1. The van der Waals surface area contributed by atoms with Crippen LogP contribution in [0.25, 0.3) is 0 Å². The summed E-state index contributed by atoms with van der Waals surface area (Å²) in [6, 6.07) is 5.38. The normalized spacial score (nSPS) is 24.2. The summed E-state index contributed by atoms with van der Waals surface area (Å²) in [6.07, 6.45) is 2.60. The van der Waals surface area contributed by atoms with E-state index in [1.807, 2.05) is 19.9 Å². The molecule has 0 aliphatic carbocycles. The molecule has 1 aromatic carbocycles. The molecule has 2 saturated heterocycles. The first-order valence-electron chi connectivity index (χ1n) is 8.38. The predicted molar refractivity (Wildman–Crippen MR) is 90.1 cm³/mol. The van der Waals surface area contributed by atoms with Crippen LogP contribution in [0.5, 0.6) is 0 Å². The second kappa shape index (κ2) is 6.89. The van der Waals surface area contributed by atoms with Crippen molar-refractivity contribution in [1.82, 2.24) is 9.21 Å². The van der Waals surface area contributed by atoms with Crippen molar-refractivity contribution >= 4 is 10.0 Å². The summed E-state index contributed by atoms with van der Waals surface area (Å²) in [4.78, 5) is 2.73. The molecule has 6 heteroatoms. The van der Waals surface area contributed by atoms with Crippen molar-refractivity contribution in [2.45, 2.75) is 37.7 Å². The Morgan fingerprint density at radius 3 is 2.48 bits per heavy atom. The molecule has 0 radical (unpaired) electrons. The van der Waals surface area contributed by atoms with E-state index in [9.17, 15) is 8.42 Å². The zero-order chi connectivity index (χ0) is 16.4. The number of sulfonamides is 1. The molecule has 5 nitrogen and oxygen atoms in total. The van der Waals surface area contributed by atoms with E-state index in [4.69, 9.17) is 4.74 Å². The van der Waals surface area contributed by atoms with E-state index in [0.717, 1.165) is 50.2 Å². The molecular formula is C17H26N2O3S. The van der Waals surface area contributed by atoms with Gasteiger partial charge in [-0.1, -0.05) is 6.07 Å². The number of benzene rings is 1. The molecule has 0 aromatic heterocycles. The number of piperazine rings is 1. The van der Waals surface area contributed by atoms with E-state index >= 15 is 0 Å². The molecule has 0 amide bonds. The molecule has 1 aromatic rings. The number of nitrogens with zero attached hydrogens (tertiary/aromatic N) is 2. The third-order valence-electron chi connectivity index (χ3n) is 4.93. The van der Waals surface area contributed by atoms with Gasteiger partial charge in [0.2, 0.25) is 10.0 Å². The first kappa shape index (κ1) is 16.9. The molecule has 2 aliphatic rings. The Kier molecular flexibility index (Phi) is 5.06. The summed E-state index contributed by atoms with van der Waals surface area (Å²) in [7, 11) is -3.38. The van der Waals surface area contributed by atoms with Crippen molar-refractivity contribution in [3.63, 3.8) is 0 Å². The molecule has 0 N–H and O–H groups in total. The highest BCUT2D eigenvalue weighted by Gasteiger charge is 2.30. The fourth-order valence-electron chi connectivity index (χ4n) is 3.25. The lowest BCUT2D eigenvalue weighted by Gasteiger charge is -2.35. The van der Waals surface area contributed by atoms with Gasteiger partial charge in [0.25, 0.3) is 0 Å². The van der Waals surface area contributed by atoms with Crippen molar-refractivity contribution in [2.24, 2.45) is 0 Å². The molecule has 23 heavy (non-hydrogen) atoms. The van der Waals surface area contributed by atoms with Crippen LogP contribution in [0.3, 0.4) is 0 Å². The van der Waals surface area contributed by atoms with Crippen LogP contribution in [0, 0.1) is 13.8 Å². The van der Waals surface area contributed by atoms with Gasteiger partial charge < -0.3 is 4.74 Å². The predicted octanol–water partition coefficient (Wildman–Crippen LogP) is 1.79. The van der Waals surface area contributed by atoms with Gasteiger partial charge in [0, 0.05) is 39.3 Å². The van der Waals surface area contributed by atoms with Gasteiger partial charge in [-0.2, -0.15) is 4.31 Å². The zero-order valence-electron chi connectivity index (χ0n) is 14.0. The average molecular weight is 338 g/mol. The van der Waals surface area contributed by atoms with Crippen LogP contribution in [0.2, 0.25) is 0 Å². The maximum atomic E-state index is 12.8. The zero-order valence-corrected chi connectivity index (χ0v) is 14.8. The van der Waals surface area contributed by atoms with Gasteiger partial charge in [-0.3, -0.25) is 4.90 Å². The van der Waals surface area contributed by atoms with Gasteiger partial charge in [0.1, 0.15) is 0 Å². The summed E-state index contributed by atoms with van der Waals surface area (Å²) in [5.74, 6) is 0. The highest BCUT2D eigenvalue weighted by atomic mass is 32.2. The summed E-state index contributed by atoms with van der Waals surface area (Å²) in [5, 5.41) is 0. The minimum atomic E-state index is -3.38. The molecule has 2 fully saturated rings. The molecule has 2 aliphatic heterocycles. The van der Waals surface area contributed by atoms with Crippen LogP contribution in [-0.4, -0.2) is 63.1 Å². The smallest absolute Gasteiger partial charge is 0.243 e. The quantitative estimate of drug-likeness (QED) is 0.840. The minimum absolute atomic E-state index is 0.331. The van der Waals surface area contributed by atoms with E-state index in [1.165, 1.54) is 0 Å². The molecule has 0 saturated carbocycles. The minimum Gasteiger partial charge on any atom is -0.377 e. The highest BCUT2D eigenvalue weighted by molar-refractivity contribution is 7.89. The molecule has 3 rings (SSSR count). The van der Waals surface area contributed by atoms with Gasteiger partial charge in [-0.15, -0.1) is 0 Å². The first-order valence-corrected chi connectivity index (χ1v) is 9.82. The van der Waals surface area contributed by atoms with E-state index in [0.29, 0.717) is 24.1 Å². The Labute approximate surface area is 139 Å². The van der Waals surface area contributed by atoms with Crippen LogP contribution >= 0.6 is 0 Å². The Balaban J connectivity index is 1.62. The van der Waals surface area contributed by atoms with Crippen molar-refractivity contribution < 1.29 is 13.2 Å². The molecule has 128 valence electrons. The number of ether oxygens (including phenoxy) is 1. The number of aryl methyl sites for hydroxylation is 2. The van der Waals surface area contributed by atoms with Crippen LogP contribution in [-0.2, 0) is 14.8 Å². The fourth-order valence-corrected chi connectivity index (χ4v) is 4.76. The van der Waals surface area contributed by atoms with Crippen LogP contribution in [0.4, 0.5) is 0 Å².